The predicted octanol–water partition coefficient (Wildman–Crippen LogP) is 3.69. The molecule has 142 valence electrons. The summed E-state index contributed by atoms with van der Waals surface area (Å²) in [4.78, 5) is 30.9. The Morgan fingerprint density at radius 1 is 1.26 bits per heavy atom. The first kappa shape index (κ1) is 19.0. The van der Waals surface area contributed by atoms with Crippen molar-refractivity contribution in [1.29, 1.82) is 0 Å². The molecular weight excluding hydrogens is 364 g/mol. The van der Waals surface area contributed by atoms with Gasteiger partial charge in [-0.05, 0) is 46.2 Å². The molecule has 0 radical (unpaired) electrons. The first-order valence-electron chi connectivity index (χ1n) is 8.64. The van der Waals surface area contributed by atoms with Crippen LogP contribution in [0.1, 0.15) is 49.5 Å². The molecule has 1 amide bonds. The number of carbonyl (C=O) groups is 2. The summed E-state index contributed by atoms with van der Waals surface area (Å²) in [5, 5.41) is 8.48. The van der Waals surface area contributed by atoms with Crippen molar-refractivity contribution in [2.45, 2.75) is 34.6 Å². The third kappa shape index (κ3) is 3.32. The van der Waals surface area contributed by atoms with Crippen LogP contribution >= 0.6 is 11.3 Å². The van der Waals surface area contributed by atoms with Crippen LogP contribution in [0.4, 0.5) is 5.00 Å². The van der Waals surface area contributed by atoms with E-state index in [1.54, 1.807) is 24.7 Å². The number of amides is 1. The van der Waals surface area contributed by atoms with Crippen LogP contribution in [0.3, 0.4) is 0 Å². The molecule has 7 nitrogen and oxygen atoms in total. The van der Waals surface area contributed by atoms with E-state index in [-0.39, 0.29) is 12.5 Å². The average molecular weight is 386 g/mol. The van der Waals surface area contributed by atoms with Crippen molar-refractivity contribution in [1.82, 2.24) is 14.8 Å². The van der Waals surface area contributed by atoms with Crippen molar-refractivity contribution in [3.63, 3.8) is 0 Å². The Bertz CT molecular complexity index is 1070. The number of hydrogen-bond donors (Lipinski definition) is 1. The number of carbonyl (C=O) groups excluding carboxylic acids is 2. The number of esters is 1. The van der Waals surface area contributed by atoms with E-state index in [4.69, 9.17) is 4.74 Å². The maximum Gasteiger partial charge on any atom is 0.341 e. The molecule has 0 fully saturated rings. The van der Waals surface area contributed by atoms with E-state index >= 15 is 0 Å². The molecule has 0 aliphatic carbocycles. The lowest BCUT2D eigenvalue weighted by Crippen LogP contribution is -2.16. The van der Waals surface area contributed by atoms with Crippen LogP contribution < -0.4 is 5.32 Å². The maximum atomic E-state index is 13.1. The highest BCUT2D eigenvalue weighted by molar-refractivity contribution is 7.16. The van der Waals surface area contributed by atoms with Crippen molar-refractivity contribution >= 4 is 39.2 Å². The van der Waals surface area contributed by atoms with Gasteiger partial charge in [0.1, 0.15) is 5.00 Å². The molecule has 1 N–H and O–H groups in total. The summed E-state index contributed by atoms with van der Waals surface area (Å²) in [5.74, 6) is -0.725. The number of hydrogen-bond acceptors (Lipinski definition) is 6. The summed E-state index contributed by atoms with van der Waals surface area (Å²) in [6.07, 6.45) is 0. The SMILES string of the molecule is CCOC(=O)c1c(NC(=O)c2cc(C)nc3c2c(C)nn3C)sc(C)c1C. The van der Waals surface area contributed by atoms with Crippen molar-refractivity contribution in [3.05, 3.63) is 39.0 Å². The smallest absolute Gasteiger partial charge is 0.341 e. The van der Waals surface area contributed by atoms with Gasteiger partial charge in [-0.1, -0.05) is 0 Å². The van der Waals surface area contributed by atoms with E-state index < -0.39 is 5.97 Å². The second-order valence-electron chi connectivity index (χ2n) is 6.38. The van der Waals surface area contributed by atoms with Crippen LogP contribution in [-0.4, -0.2) is 33.2 Å². The first-order chi connectivity index (χ1) is 12.7. The van der Waals surface area contributed by atoms with E-state index in [1.807, 2.05) is 27.7 Å². The second-order valence-corrected chi connectivity index (χ2v) is 7.61. The highest BCUT2D eigenvalue weighted by atomic mass is 32.1. The van der Waals surface area contributed by atoms with Gasteiger partial charge in [0.2, 0.25) is 0 Å². The van der Waals surface area contributed by atoms with Gasteiger partial charge >= 0.3 is 5.97 Å². The zero-order valence-corrected chi connectivity index (χ0v) is 17.1. The third-order valence-electron chi connectivity index (χ3n) is 4.43. The number of fused-ring (bicyclic) bond motifs is 1. The summed E-state index contributed by atoms with van der Waals surface area (Å²) in [5.41, 5.74) is 3.83. The highest BCUT2D eigenvalue weighted by Gasteiger charge is 2.24. The summed E-state index contributed by atoms with van der Waals surface area (Å²) >= 11 is 1.37. The predicted molar refractivity (Wildman–Crippen MR) is 106 cm³/mol. The number of thiophene rings is 1. The lowest BCUT2D eigenvalue weighted by atomic mass is 10.1. The molecule has 0 aromatic carbocycles. The standard InChI is InChI=1S/C19H22N4O3S/c1-7-26-19(25)14-10(3)12(5)27-18(14)21-17(24)13-8-9(2)20-16-15(13)11(4)22-23(16)6/h8H,7H2,1-6H3,(H,21,24). The number of aromatic nitrogens is 3. The molecule has 0 atom stereocenters. The fourth-order valence-electron chi connectivity index (χ4n) is 3.08. The molecule has 0 unspecified atom stereocenters. The number of pyridine rings is 1. The van der Waals surface area contributed by atoms with Crippen molar-refractivity contribution in [2.24, 2.45) is 7.05 Å². The van der Waals surface area contributed by atoms with E-state index in [1.165, 1.54) is 11.3 Å². The molecule has 27 heavy (non-hydrogen) atoms. The summed E-state index contributed by atoms with van der Waals surface area (Å²) < 4.78 is 6.82. The summed E-state index contributed by atoms with van der Waals surface area (Å²) in [6, 6.07) is 1.74. The van der Waals surface area contributed by atoms with Gasteiger partial charge in [0, 0.05) is 17.6 Å². The van der Waals surface area contributed by atoms with Gasteiger partial charge in [0.15, 0.2) is 5.65 Å². The molecular formula is C19H22N4O3S. The van der Waals surface area contributed by atoms with Crippen LogP contribution in [0.25, 0.3) is 11.0 Å². The van der Waals surface area contributed by atoms with Gasteiger partial charge in [0.05, 0.1) is 28.8 Å². The first-order valence-corrected chi connectivity index (χ1v) is 9.45. The fourth-order valence-corrected chi connectivity index (χ4v) is 4.13. The average Bonchev–Trinajstić information content (AvgIpc) is 3.03. The van der Waals surface area contributed by atoms with Gasteiger partial charge in [-0.2, -0.15) is 5.10 Å². The molecule has 3 aromatic heterocycles. The lowest BCUT2D eigenvalue weighted by molar-refractivity contribution is 0.0527. The largest absolute Gasteiger partial charge is 0.462 e. The molecule has 3 heterocycles. The second kappa shape index (κ2) is 7.11. The van der Waals surface area contributed by atoms with Crippen molar-refractivity contribution < 1.29 is 14.3 Å². The maximum absolute atomic E-state index is 13.1. The zero-order valence-electron chi connectivity index (χ0n) is 16.3. The third-order valence-corrected chi connectivity index (χ3v) is 5.56. The highest BCUT2D eigenvalue weighted by Crippen LogP contribution is 2.34. The Kier molecular flexibility index (Phi) is 5.01. The molecule has 3 rings (SSSR count). The number of aryl methyl sites for hydroxylation is 4. The quantitative estimate of drug-likeness (QED) is 0.691. The van der Waals surface area contributed by atoms with Gasteiger partial charge in [-0.3, -0.25) is 9.48 Å². The number of nitrogens with zero attached hydrogens (tertiary/aromatic N) is 3. The van der Waals surface area contributed by atoms with Crippen molar-refractivity contribution in [3.8, 4) is 0 Å². The minimum absolute atomic E-state index is 0.277. The molecule has 3 aromatic rings. The normalized spacial score (nSPS) is 11.0. The molecule has 0 aliphatic rings. The van der Waals surface area contributed by atoms with Gasteiger partial charge in [0.25, 0.3) is 5.91 Å². The summed E-state index contributed by atoms with van der Waals surface area (Å²) in [7, 11) is 1.80. The Hall–Kier alpha value is -2.74. The van der Waals surface area contributed by atoms with Crippen LogP contribution in [0, 0.1) is 27.7 Å². The molecule has 0 aliphatic heterocycles. The molecule has 0 spiro atoms. The number of ether oxygens (including phenoxy) is 1. The zero-order chi connectivity index (χ0) is 19.9. The van der Waals surface area contributed by atoms with Crippen LogP contribution in [0.15, 0.2) is 6.07 Å². The molecule has 8 heteroatoms. The molecule has 0 saturated carbocycles. The van der Waals surface area contributed by atoms with E-state index in [2.05, 4.69) is 15.4 Å². The fraction of sp³-hybridized carbons (Fsp3) is 0.368. The van der Waals surface area contributed by atoms with Gasteiger partial charge < -0.3 is 10.1 Å². The van der Waals surface area contributed by atoms with E-state index in [0.717, 1.165) is 21.8 Å². The monoisotopic (exact) mass is 386 g/mol. The Labute approximate surface area is 161 Å². The van der Waals surface area contributed by atoms with Crippen LogP contribution in [-0.2, 0) is 11.8 Å². The topological polar surface area (TPSA) is 86.1 Å². The van der Waals surface area contributed by atoms with E-state index in [9.17, 15) is 9.59 Å². The summed E-state index contributed by atoms with van der Waals surface area (Å²) in [6.45, 7) is 9.49. The number of nitrogens with one attached hydrogen (secondary N) is 1. The van der Waals surface area contributed by atoms with E-state index in [0.29, 0.717) is 27.2 Å². The Balaban J connectivity index is 2.06. The minimum atomic E-state index is -0.428. The molecule has 0 bridgehead atoms. The minimum Gasteiger partial charge on any atom is -0.462 e. The van der Waals surface area contributed by atoms with Crippen LogP contribution in [0.5, 0.6) is 0 Å². The number of anilines is 1. The number of rotatable bonds is 4. The Morgan fingerprint density at radius 2 is 1.96 bits per heavy atom. The van der Waals surface area contributed by atoms with Crippen LogP contribution in [0.2, 0.25) is 0 Å². The van der Waals surface area contributed by atoms with Gasteiger partial charge in [-0.25, -0.2) is 9.78 Å². The molecule has 0 saturated heterocycles. The lowest BCUT2D eigenvalue weighted by Gasteiger charge is -2.09. The van der Waals surface area contributed by atoms with Crippen molar-refractivity contribution in [2.75, 3.05) is 11.9 Å². The van der Waals surface area contributed by atoms with Gasteiger partial charge in [-0.15, -0.1) is 11.3 Å². The Morgan fingerprint density at radius 3 is 2.63 bits per heavy atom.